The zero-order valence-electron chi connectivity index (χ0n) is 16.0. The van der Waals surface area contributed by atoms with E-state index in [4.69, 9.17) is 0 Å². The van der Waals surface area contributed by atoms with Crippen molar-refractivity contribution in [1.29, 1.82) is 0 Å². The van der Waals surface area contributed by atoms with E-state index in [-0.39, 0.29) is 10.6 Å². The summed E-state index contributed by atoms with van der Waals surface area (Å²) in [6.45, 7) is 2.26. The summed E-state index contributed by atoms with van der Waals surface area (Å²) in [6, 6.07) is 19.9. The number of amides is 1. The molecular weight excluding hydrogens is 466 g/mol. The molecule has 0 aliphatic rings. The zero-order chi connectivity index (χ0) is 21.3. The van der Waals surface area contributed by atoms with E-state index in [9.17, 15) is 13.2 Å². The van der Waals surface area contributed by atoms with Crippen molar-refractivity contribution in [3.8, 4) is 0 Å². The van der Waals surface area contributed by atoms with Crippen molar-refractivity contribution in [2.75, 3.05) is 0 Å². The first-order valence-corrected chi connectivity index (χ1v) is 11.4. The lowest BCUT2D eigenvalue weighted by Crippen LogP contribution is -2.30. The minimum atomic E-state index is -3.96. The summed E-state index contributed by atoms with van der Waals surface area (Å²) in [4.78, 5) is 16.8. The number of sulfonamides is 1. The first-order valence-electron chi connectivity index (χ1n) is 9.17. The highest BCUT2D eigenvalue weighted by atomic mass is 79.9. The third kappa shape index (κ3) is 4.01. The number of halogens is 1. The van der Waals surface area contributed by atoms with Gasteiger partial charge in [-0.3, -0.25) is 4.79 Å². The molecule has 1 aromatic heterocycles. The zero-order valence-corrected chi connectivity index (χ0v) is 18.4. The average Bonchev–Trinajstić information content (AvgIpc) is 3.11. The number of hydrogen-bond donors (Lipinski definition) is 1. The molecule has 0 radical (unpaired) electrons. The number of carbonyl (C=O) groups excluding carboxylic acids is 1. The van der Waals surface area contributed by atoms with Crippen molar-refractivity contribution in [1.82, 2.24) is 14.3 Å². The van der Waals surface area contributed by atoms with Crippen LogP contribution in [0.2, 0.25) is 0 Å². The van der Waals surface area contributed by atoms with Crippen LogP contribution in [0.15, 0.2) is 82.3 Å². The van der Waals surface area contributed by atoms with Crippen molar-refractivity contribution < 1.29 is 13.2 Å². The Morgan fingerprint density at radius 2 is 1.73 bits per heavy atom. The van der Waals surface area contributed by atoms with E-state index in [0.29, 0.717) is 12.4 Å². The second-order valence-electron chi connectivity index (χ2n) is 6.81. The van der Waals surface area contributed by atoms with Gasteiger partial charge in [-0.15, -0.1) is 0 Å². The standard InChI is InChI=1S/C22H18BrN3O3S/c1-15-24-20(22(27)25-30(28,29)18-8-3-2-4-9-18)14-26(15)13-17-12-11-16-7-5-6-10-19(16)21(17)23/h2-12,14H,13H2,1H3,(H,25,27). The van der Waals surface area contributed by atoms with Crippen LogP contribution in [0.25, 0.3) is 10.8 Å². The Balaban J connectivity index is 1.58. The molecule has 0 aliphatic heterocycles. The van der Waals surface area contributed by atoms with Crippen LogP contribution in [0.5, 0.6) is 0 Å². The quantitative estimate of drug-likeness (QED) is 0.459. The molecule has 1 N–H and O–H groups in total. The van der Waals surface area contributed by atoms with Crippen LogP contribution >= 0.6 is 15.9 Å². The Morgan fingerprint density at radius 3 is 2.50 bits per heavy atom. The average molecular weight is 484 g/mol. The Morgan fingerprint density at radius 1 is 1.03 bits per heavy atom. The fourth-order valence-corrected chi connectivity index (χ4v) is 4.80. The van der Waals surface area contributed by atoms with E-state index in [0.717, 1.165) is 20.8 Å². The molecule has 1 heterocycles. The maximum atomic E-state index is 12.5. The van der Waals surface area contributed by atoms with Gasteiger partial charge in [0.05, 0.1) is 4.90 Å². The van der Waals surface area contributed by atoms with Crippen LogP contribution in [0.4, 0.5) is 0 Å². The summed E-state index contributed by atoms with van der Waals surface area (Å²) in [5.74, 6) is -0.157. The van der Waals surface area contributed by atoms with Crippen molar-refractivity contribution in [3.63, 3.8) is 0 Å². The van der Waals surface area contributed by atoms with Crippen LogP contribution in [0.3, 0.4) is 0 Å². The second-order valence-corrected chi connectivity index (χ2v) is 9.28. The number of rotatable bonds is 5. The summed E-state index contributed by atoms with van der Waals surface area (Å²) in [6.07, 6.45) is 1.56. The van der Waals surface area contributed by atoms with E-state index in [1.54, 1.807) is 31.3 Å². The molecule has 8 heteroatoms. The van der Waals surface area contributed by atoms with Gasteiger partial charge in [0, 0.05) is 17.2 Å². The third-order valence-electron chi connectivity index (χ3n) is 4.77. The SMILES string of the molecule is Cc1nc(C(=O)NS(=O)(=O)c2ccccc2)cn1Cc1ccc2ccccc2c1Br. The number of benzene rings is 3. The second kappa shape index (κ2) is 8.04. The van der Waals surface area contributed by atoms with Gasteiger partial charge in [-0.25, -0.2) is 18.1 Å². The van der Waals surface area contributed by atoms with Gasteiger partial charge < -0.3 is 4.57 Å². The fourth-order valence-electron chi connectivity index (χ4n) is 3.20. The molecule has 0 bridgehead atoms. The van der Waals surface area contributed by atoms with Gasteiger partial charge in [-0.05, 0) is 51.3 Å². The predicted octanol–water partition coefficient (Wildman–Crippen LogP) is 4.27. The van der Waals surface area contributed by atoms with Gasteiger partial charge in [0.2, 0.25) is 0 Å². The molecule has 0 atom stereocenters. The smallest absolute Gasteiger partial charge is 0.285 e. The molecular formula is C22H18BrN3O3S. The molecule has 0 spiro atoms. The van der Waals surface area contributed by atoms with Gasteiger partial charge in [-0.1, -0.05) is 54.6 Å². The number of aromatic nitrogens is 2. The Labute approximate surface area is 182 Å². The molecule has 6 nitrogen and oxygen atoms in total. The van der Waals surface area contributed by atoms with E-state index in [1.807, 2.05) is 41.0 Å². The first kappa shape index (κ1) is 20.3. The molecule has 152 valence electrons. The summed E-state index contributed by atoms with van der Waals surface area (Å²) >= 11 is 3.67. The fraction of sp³-hybridized carbons (Fsp3) is 0.0909. The molecule has 30 heavy (non-hydrogen) atoms. The van der Waals surface area contributed by atoms with E-state index in [2.05, 4.69) is 25.6 Å². The number of nitrogens with zero attached hydrogens (tertiary/aromatic N) is 2. The maximum absolute atomic E-state index is 12.5. The van der Waals surface area contributed by atoms with Crippen molar-refractivity contribution in [3.05, 3.63) is 94.5 Å². The Bertz CT molecular complexity index is 1350. The summed E-state index contributed by atoms with van der Waals surface area (Å²) in [7, 11) is -3.96. The van der Waals surface area contributed by atoms with Crippen LogP contribution in [-0.4, -0.2) is 23.9 Å². The molecule has 3 aromatic carbocycles. The minimum Gasteiger partial charge on any atom is -0.330 e. The molecule has 0 fully saturated rings. The number of hydrogen-bond acceptors (Lipinski definition) is 4. The lowest BCUT2D eigenvalue weighted by atomic mass is 10.1. The van der Waals surface area contributed by atoms with Crippen molar-refractivity contribution in [2.24, 2.45) is 0 Å². The topological polar surface area (TPSA) is 81.1 Å². The number of imidazole rings is 1. The first-order chi connectivity index (χ1) is 14.3. The molecule has 0 unspecified atom stereocenters. The summed E-state index contributed by atoms with van der Waals surface area (Å²) < 4.78 is 29.7. The lowest BCUT2D eigenvalue weighted by Gasteiger charge is -2.10. The monoisotopic (exact) mass is 483 g/mol. The van der Waals surface area contributed by atoms with Crippen LogP contribution < -0.4 is 4.72 Å². The highest BCUT2D eigenvalue weighted by Crippen LogP contribution is 2.28. The molecule has 1 amide bonds. The Hall–Kier alpha value is -2.97. The highest BCUT2D eigenvalue weighted by molar-refractivity contribution is 9.10. The van der Waals surface area contributed by atoms with Crippen LogP contribution in [-0.2, 0) is 16.6 Å². The number of carbonyl (C=O) groups is 1. The number of nitrogens with one attached hydrogen (secondary N) is 1. The Kier molecular flexibility index (Phi) is 5.44. The highest BCUT2D eigenvalue weighted by Gasteiger charge is 2.21. The third-order valence-corrected chi connectivity index (χ3v) is 7.06. The van der Waals surface area contributed by atoms with Gasteiger partial charge in [0.25, 0.3) is 15.9 Å². The molecule has 0 aliphatic carbocycles. The van der Waals surface area contributed by atoms with Gasteiger partial charge in [0.15, 0.2) is 0 Å². The van der Waals surface area contributed by atoms with Crippen LogP contribution in [0.1, 0.15) is 21.9 Å². The van der Waals surface area contributed by atoms with Gasteiger partial charge in [-0.2, -0.15) is 0 Å². The molecule has 4 rings (SSSR count). The summed E-state index contributed by atoms with van der Waals surface area (Å²) in [5.41, 5.74) is 1.07. The molecule has 4 aromatic rings. The number of fused-ring (bicyclic) bond motifs is 1. The normalized spacial score (nSPS) is 11.5. The maximum Gasteiger partial charge on any atom is 0.285 e. The van der Waals surface area contributed by atoms with E-state index < -0.39 is 15.9 Å². The van der Waals surface area contributed by atoms with Gasteiger partial charge in [0.1, 0.15) is 11.5 Å². The lowest BCUT2D eigenvalue weighted by molar-refractivity contribution is 0.0977. The van der Waals surface area contributed by atoms with Crippen LogP contribution in [0, 0.1) is 6.92 Å². The largest absolute Gasteiger partial charge is 0.330 e. The van der Waals surface area contributed by atoms with Crippen molar-refractivity contribution >= 4 is 42.6 Å². The van der Waals surface area contributed by atoms with Gasteiger partial charge >= 0.3 is 0 Å². The van der Waals surface area contributed by atoms with Crippen molar-refractivity contribution in [2.45, 2.75) is 18.4 Å². The molecule has 0 saturated heterocycles. The van der Waals surface area contributed by atoms with E-state index in [1.165, 1.54) is 12.1 Å². The number of aryl methyl sites for hydroxylation is 1. The van der Waals surface area contributed by atoms with E-state index >= 15 is 0 Å². The predicted molar refractivity (Wildman–Crippen MR) is 119 cm³/mol. The molecule has 0 saturated carbocycles. The summed E-state index contributed by atoms with van der Waals surface area (Å²) in [5, 5.41) is 2.22. The minimum absolute atomic E-state index is 0.0228.